The van der Waals surface area contributed by atoms with Gasteiger partial charge in [-0.05, 0) is 39.0 Å². The van der Waals surface area contributed by atoms with E-state index in [9.17, 15) is 4.79 Å². The van der Waals surface area contributed by atoms with Crippen molar-refractivity contribution >= 4 is 5.91 Å². The van der Waals surface area contributed by atoms with Crippen molar-refractivity contribution < 1.29 is 9.53 Å². The summed E-state index contributed by atoms with van der Waals surface area (Å²) < 4.78 is 5.91. The Morgan fingerprint density at radius 3 is 2.56 bits per heavy atom. The smallest absolute Gasteiger partial charge is 0.240 e. The van der Waals surface area contributed by atoms with Crippen LogP contribution in [-0.4, -0.2) is 29.7 Å². The van der Waals surface area contributed by atoms with Crippen LogP contribution in [0.2, 0.25) is 0 Å². The first-order chi connectivity index (χ1) is 8.39. The zero-order chi connectivity index (χ0) is 13.8. The maximum atomic E-state index is 12.1. The third-order valence-corrected chi connectivity index (χ3v) is 4.37. The SMILES string of the molecule is CCC1(CC)CC(NC(=O)C(C)(N)CC)CCO1. The summed E-state index contributed by atoms with van der Waals surface area (Å²) in [6.45, 7) is 8.74. The van der Waals surface area contributed by atoms with Gasteiger partial charge in [-0.1, -0.05) is 20.8 Å². The Hall–Kier alpha value is -0.610. The van der Waals surface area contributed by atoms with E-state index in [2.05, 4.69) is 19.2 Å². The molecular formula is C14H28N2O2. The minimum absolute atomic E-state index is 0.0435. The van der Waals surface area contributed by atoms with Crippen molar-refractivity contribution in [2.75, 3.05) is 6.61 Å². The Morgan fingerprint density at radius 1 is 1.44 bits per heavy atom. The molecule has 1 saturated heterocycles. The van der Waals surface area contributed by atoms with E-state index in [0.717, 1.165) is 32.3 Å². The Morgan fingerprint density at radius 2 is 2.06 bits per heavy atom. The van der Waals surface area contributed by atoms with Gasteiger partial charge in [0.05, 0.1) is 11.1 Å². The molecule has 0 aromatic rings. The van der Waals surface area contributed by atoms with Gasteiger partial charge in [0.15, 0.2) is 0 Å². The van der Waals surface area contributed by atoms with E-state index in [1.54, 1.807) is 6.92 Å². The Kier molecular flexibility index (Phi) is 5.17. The van der Waals surface area contributed by atoms with Gasteiger partial charge in [-0.2, -0.15) is 0 Å². The first-order valence-corrected chi connectivity index (χ1v) is 7.13. The zero-order valence-corrected chi connectivity index (χ0v) is 12.2. The molecule has 3 N–H and O–H groups in total. The number of nitrogens with one attached hydrogen (secondary N) is 1. The minimum Gasteiger partial charge on any atom is -0.375 e. The molecule has 0 aliphatic carbocycles. The zero-order valence-electron chi connectivity index (χ0n) is 12.2. The molecular weight excluding hydrogens is 228 g/mol. The molecule has 0 saturated carbocycles. The van der Waals surface area contributed by atoms with Gasteiger partial charge in [-0.15, -0.1) is 0 Å². The number of rotatable bonds is 5. The Balaban J connectivity index is 2.61. The van der Waals surface area contributed by atoms with Crippen LogP contribution in [-0.2, 0) is 9.53 Å². The maximum Gasteiger partial charge on any atom is 0.240 e. The summed E-state index contributed by atoms with van der Waals surface area (Å²) in [7, 11) is 0. The normalized spacial score (nSPS) is 26.4. The van der Waals surface area contributed by atoms with E-state index in [1.165, 1.54) is 0 Å². The lowest BCUT2D eigenvalue weighted by atomic mass is 9.85. The standard InChI is InChI=1S/C14H28N2O2/c1-5-13(4,15)12(17)16-11-8-9-18-14(6-2,7-3)10-11/h11H,5-10,15H2,1-4H3,(H,16,17). The van der Waals surface area contributed by atoms with E-state index in [0.29, 0.717) is 6.42 Å². The van der Waals surface area contributed by atoms with Crippen LogP contribution in [0.1, 0.15) is 59.8 Å². The molecule has 1 rings (SSSR count). The predicted molar refractivity (Wildman–Crippen MR) is 73.3 cm³/mol. The largest absolute Gasteiger partial charge is 0.375 e. The molecule has 4 heteroatoms. The highest BCUT2D eigenvalue weighted by Gasteiger charge is 2.36. The van der Waals surface area contributed by atoms with Crippen molar-refractivity contribution in [1.29, 1.82) is 0 Å². The summed E-state index contributed by atoms with van der Waals surface area (Å²) in [5.41, 5.74) is 5.14. The van der Waals surface area contributed by atoms with Crippen LogP contribution >= 0.6 is 0 Å². The lowest BCUT2D eigenvalue weighted by Gasteiger charge is -2.41. The van der Waals surface area contributed by atoms with E-state index in [4.69, 9.17) is 10.5 Å². The number of carbonyl (C=O) groups excluding carboxylic acids is 1. The summed E-state index contributed by atoms with van der Waals surface area (Å²) in [4.78, 5) is 12.1. The van der Waals surface area contributed by atoms with Gasteiger partial charge in [0.1, 0.15) is 0 Å². The van der Waals surface area contributed by atoms with Crippen LogP contribution in [0.15, 0.2) is 0 Å². The van der Waals surface area contributed by atoms with Crippen molar-refractivity contribution in [1.82, 2.24) is 5.32 Å². The fourth-order valence-corrected chi connectivity index (χ4v) is 2.40. The molecule has 2 atom stereocenters. The van der Waals surface area contributed by atoms with Crippen molar-refractivity contribution in [3.63, 3.8) is 0 Å². The Labute approximate surface area is 111 Å². The molecule has 1 fully saturated rings. The molecule has 2 unspecified atom stereocenters. The molecule has 4 nitrogen and oxygen atoms in total. The van der Waals surface area contributed by atoms with Gasteiger partial charge in [0.25, 0.3) is 0 Å². The highest BCUT2D eigenvalue weighted by Crippen LogP contribution is 2.31. The fourth-order valence-electron chi connectivity index (χ4n) is 2.40. The molecule has 0 aromatic heterocycles. The minimum atomic E-state index is -0.764. The van der Waals surface area contributed by atoms with Crippen molar-refractivity contribution in [2.24, 2.45) is 5.73 Å². The van der Waals surface area contributed by atoms with Gasteiger partial charge in [-0.3, -0.25) is 4.79 Å². The van der Waals surface area contributed by atoms with Gasteiger partial charge in [0, 0.05) is 12.6 Å². The average molecular weight is 256 g/mol. The number of amides is 1. The van der Waals surface area contributed by atoms with Gasteiger partial charge in [-0.25, -0.2) is 0 Å². The average Bonchev–Trinajstić information content (AvgIpc) is 2.38. The van der Waals surface area contributed by atoms with E-state index < -0.39 is 5.54 Å². The van der Waals surface area contributed by atoms with Crippen LogP contribution in [0, 0.1) is 0 Å². The van der Waals surface area contributed by atoms with Crippen LogP contribution in [0.4, 0.5) is 0 Å². The van der Waals surface area contributed by atoms with E-state index in [1.807, 2.05) is 6.92 Å². The topological polar surface area (TPSA) is 64.4 Å². The summed E-state index contributed by atoms with van der Waals surface area (Å²) in [6.07, 6.45) is 4.40. The summed E-state index contributed by atoms with van der Waals surface area (Å²) in [5.74, 6) is -0.0435. The maximum absolute atomic E-state index is 12.1. The molecule has 1 aliphatic heterocycles. The fraction of sp³-hybridized carbons (Fsp3) is 0.929. The van der Waals surface area contributed by atoms with Gasteiger partial charge < -0.3 is 15.8 Å². The third kappa shape index (κ3) is 3.45. The number of hydrogen-bond donors (Lipinski definition) is 2. The number of ether oxygens (including phenoxy) is 1. The van der Waals surface area contributed by atoms with Crippen LogP contribution in [0.3, 0.4) is 0 Å². The molecule has 0 bridgehead atoms. The summed E-state index contributed by atoms with van der Waals surface area (Å²) >= 11 is 0. The molecule has 1 aliphatic rings. The van der Waals surface area contributed by atoms with Crippen molar-refractivity contribution in [3.8, 4) is 0 Å². The highest BCUT2D eigenvalue weighted by molar-refractivity contribution is 5.85. The monoisotopic (exact) mass is 256 g/mol. The molecule has 1 heterocycles. The predicted octanol–water partition coefficient (Wildman–Crippen LogP) is 1.97. The number of nitrogens with two attached hydrogens (primary N) is 1. The second-order valence-electron chi connectivity index (χ2n) is 5.67. The summed E-state index contributed by atoms with van der Waals surface area (Å²) in [6, 6.07) is 0.195. The number of hydrogen-bond acceptors (Lipinski definition) is 3. The molecule has 0 radical (unpaired) electrons. The third-order valence-electron chi connectivity index (χ3n) is 4.37. The van der Waals surface area contributed by atoms with Crippen molar-refractivity contribution in [3.05, 3.63) is 0 Å². The van der Waals surface area contributed by atoms with Crippen LogP contribution in [0.5, 0.6) is 0 Å². The molecule has 1 amide bonds. The quantitative estimate of drug-likeness (QED) is 0.790. The second kappa shape index (κ2) is 6.02. The first kappa shape index (κ1) is 15.4. The second-order valence-corrected chi connectivity index (χ2v) is 5.67. The first-order valence-electron chi connectivity index (χ1n) is 7.13. The lowest BCUT2D eigenvalue weighted by Crippen LogP contribution is -2.56. The lowest BCUT2D eigenvalue weighted by molar-refractivity contribution is -0.130. The van der Waals surface area contributed by atoms with Crippen molar-refractivity contribution in [2.45, 2.75) is 77.0 Å². The van der Waals surface area contributed by atoms with E-state index in [-0.39, 0.29) is 17.6 Å². The molecule has 0 aromatic carbocycles. The number of carbonyl (C=O) groups is 1. The van der Waals surface area contributed by atoms with Crippen LogP contribution < -0.4 is 11.1 Å². The highest BCUT2D eigenvalue weighted by atomic mass is 16.5. The van der Waals surface area contributed by atoms with E-state index >= 15 is 0 Å². The summed E-state index contributed by atoms with van der Waals surface area (Å²) in [5, 5.41) is 3.09. The van der Waals surface area contributed by atoms with Gasteiger partial charge >= 0.3 is 0 Å². The Bertz CT molecular complexity index is 286. The molecule has 106 valence electrons. The van der Waals surface area contributed by atoms with Crippen LogP contribution in [0.25, 0.3) is 0 Å². The molecule has 0 spiro atoms. The van der Waals surface area contributed by atoms with Gasteiger partial charge in [0.2, 0.25) is 5.91 Å². The molecule has 18 heavy (non-hydrogen) atoms.